The van der Waals surface area contributed by atoms with E-state index in [0.29, 0.717) is 6.54 Å². The van der Waals surface area contributed by atoms with Gasteiger partial charge in [0.2, 0.25) is 0 Å². The molecule has 106 valence electrons. The first-order valence-corrected chi connectivity index (χ1v) is 7.40. The molecule has 1 fully saturated rings. The Kier molecular flexibility index (Phi) is 4.00. The molecule has 1 saturated carbocycles. The molecule has 1 aliphatic carbocycles. The zero-order valence-corrected chi connectivity index (χ0v) is 12.4. The van der Waals surface area contributed by atoms with E-state index >= 15 is 0 Å². The molecule has 0 aliphatic heterocycles. The second kappa shape index (κ2) is 5.24. The van der Waals surface area contributed by atoms with Crippen LogP contribution >= 0.6 is 0 Å². The summed E-state index contributed by atoms with van der Waals surface area (Å²) in [5.74, 6) is 0. The fourth-order valence-corrected chi connectivity index (χ4v) is 3.38. The van der Waals surface area contributed by atoms with Gasteiger partial charge in [0.1, 0.15) is 5.67 Å². The number of halogens is 1. The molecule has 1 aromatic rings. The molecule has 0 radical (unpaired) electrons. The predicted octanol–water partition coefficient (Wildman–Crippen LogP) is 4.36. The third kappa shape index (κ3) is 2.84. The van der Waals surface area contributed by atoms with Crippen molar-refractivity contribution < 1.29 is 4.39 Å². The molecule has 0 bridgehead atoms. The lowest BCUT2D eigenvalue weighted by Gasteiger charge is -2.38. The molecule has 1 nitrogen and oxygen atoms in total. The van der Waals surface area contributed by atoms with Crippen molar-refractivity contribution in [2.24, 2.45) is 5.73 Å². The Hall–Kier alpha value is -0.890. The number of benzene rings is 1. The fraction of sp³-hybridized carbons (Fsp3) is 0.647. The van der Waals surface area contributed by atoms with Crippen molar-refractivity contribution in [3.63, 3.8) is 0 Å². The second-order valence-corrected chi connectivity index (χ2v) is 6.55. The first-order chi connectivity index (χ1) is 8.89. The summed E-state index contributed by atoms with van der Waals surface area (Å²) in [5, 5.41) is 0. The highest BCUT2D eigenvalue weighted by atomic mass is 19.1. The summed E-state index contributed by atoms with van der Waals surface area (Å²) in [6.07, 6.45) is 6.05. The van der Waals surface area contributed by atoms with Gasteiger partial charge >= 0.3 is 0 Å². The number of hydrogen-bond acceptors (Lipinski definition) is 1. The molecule has 0 heterocycles. The van der Waals surface area contributed by atoms with Crippen molar-refractivity contribution in [1.29, 1.82) is 0 Å². The van der Waals surface area contributed by atoms with Crippen LogP contribution in [0, 0.1) is 6.92 Å². The van der Waals surface area contributed by atoms with Gasteiger partial charge in [-0.2, -0.15) is 0 Å². The minimum absolute atomic E-state index is 0.0730. The summed E-state index contributed by atoms with van der Waals surface area (Å²) in [4.78, 5) is 0. The molecular formula is C17H26FN. The van der Waals surface area contributed by atoms with Gasteiger partial charge in [0, 0.05) is 12.0 Å². The fourth-order valence-electron chi connectivity index (χ4n) is 3.38. The Labute approximate surface area is 116 Å². The van der Waals surface area contributed by atoms with Crippen LogP contribution in [0.25, 0.3) is 0 Å². The summed E-state index contributed by atoms with van der Waals surface area (Å²) >= 11 is 0. The number of nitrogens with two attached hydrogens (primary N) is 1. The Morgan fingerprint density at radius 2 is 1.84 bits per heavy atom. The lowest BCUT2D eigenvalue weighted by Crippen LogP contribution is -2.38. The number of hydrogen-bond donors (Lipinski definition) is 1. The van der Waals surface area contributed by atoms with Crippen molar-refractivity contribution in [1.82, 2.24) is 0 Å². The molecule has 2 rings (SSSR count). The summed E-state index contributed by atoms with van der Waals surface area (Å²) in [5.41, 5.74) is 8.19. The maximum Gasteiger partial charge on any atom is 0.130 e. The summed E-state index contributed by atoms with van der Waals surface area (Å²) < 4.78 is 14.2. The predicted molar refractivity (Wildman–Crippen MR) is 79.1 cm³/mol. The Balaban J connectivity index is 2.47. The zero-order valence-electron chi connectivity index (χ0n) is 12.4. The van der Waals surface area contributed by atoms with Crippen LogP contribution in [0.3, 0.4) is 0 Å². The van der Waals surface area contributed by atoms with E-state index in [4.69, 9.17) is 5.73 Å². The van der Waals surface area contributed by atoms with Crippen molar-refractivity contribution in [2.75, 3.05) is 6.54 Å². The molecule has 0 atom stereocenters. The highest BCUT2D eigenvalue weighted by Gasteiger charge is 2.34. The molecule has 0 saturated heterocycles. The molecule has 0 amide bonds. The molecule has 0 spiro atoms. The van der Waals surface area contributed by atoms with Crippen LogP contribution < -0.4 is 5.73 Å². The minimum atomic E-state index is -1.28. The van der Waals surface area contributed by atoms with Crippen LogP contribution in [0.5, 0.6) is 0 Å². The van der Waals surface area contributed by atoms with Crippen LogP contribution in [0.15, 0.2) is 18.2 Å². The van der Waals surface area contributed by atoms with Crippen LogP contribution in [0.1, 0.15) is 62.6 Å². The van der Waals surface area contributed by atoms with E-state index in [-0.39, 0.29) is 5.41 Å². The third-order valence-electron chi connectivity index (χ3n) is 4.70. The maximum absolute atomic E-state index is 14.2. The lowest BCUT2D eigenvalue weighted by atomic mass is 9.67. The van der Waals surface area contributed by atoms with E-state index in [1.54, 1.807) is 13.8 Å². The number of rotatable bonds is 3. The van der Waals surface area contributed by atoms with E-state index in [9.17, 15) is 4.39 Å². The zero-order chi connectivity index (χ0) is 14.1. The third-order valence-corrected chi connectivity index (χ3v) is 4.70. The SMILES string of the molecule is Cc1ccc(C(C)(C)F)cc1C1(CN)CCCCC1. The lowest BCUT2D eigenvalue weighted by molar-refractivity contribution is 0.220. The Morgan fingerprint density at radius 3 is 2.37 bits per heavy atom. The van der Waals surface area contributed by atoms with Crippen molar-refractivity contribution in [3.8, 4) is 0 Å². The molecule has 2 heteroatoms. The van der Waals surface area contributed by atoms with Gasteiger partial charge in [-0.15, -0.1) is 0 Å². The monoisotopic (exact) mass is 263 g/mol. The Morgan fingerprint density at radius 1 is 1.21 bits per heavy atom. The number of alkyl halides is 1. The van der Waals surface area contributed by atoms with E-state index in [0.717, 1.165) is 18.4 Å². The minimum Gasteiger partial charge on any atom is -0.330 e. The van der Waals surface area contributed by atoms with Crippen molar-refractivity contribution in [2.45, 2.75) is 64.0 Å². The van der Waals surface area contributed by atoms with Crippen molar-refractivity contribution in [3.05, 3.63) is 34.9 Å². The quantitative estimate of drug-likeness (QED) is 0.861. The first-order valence-electron chi connectivity index (χ1n) is 7.40. The van der Waals surface area contributed by atoms with E-state index < -0.39 is 5.67 Å². The molecule has 1 aromatic carbocycles. The molecule has 2 N–H and O–H groups in total. The van der Waals surface area contributed by atoms with Gasteiger partial charge in [0.15, 0.2) is 0 Å². The van der Waals surface area contributed by atoms with Gasteiger partial charge in [-0.25, -0.2) is 4.39 Å². The topological polar surface area (TPSA) is 26.0 Å². The van der Waals surface area contributed by atoms with Crippen LogP contribution in [0.4, 0.5) is 4.39 Å². The molecule has 0 aromatic heterocycles. The average molecular weight is 263 g/mol. The van der Waals surface area contributed by atoms with E-state index in [1.807, 2.05) is 6.07 Å². The Bertz CT molecular complexity index is 439. The van der Waals surface area contributed by atoms with E-state index in [1.165, 1.54) is 30.4 Å². The molecule has 19 heavy (non-hydrogen) atoms. The standard InChI is InChI=1S/C17H26FN/c1-13-7-8-14(16(2,3)18)11-15(13)17(12-19)9-5-4-6-10-17/h7-8,11H,4-6,9-10,12,19H2,1-3H3. The highest BCUT2D eigenvalue weighted by molar-refractivity contribution is 5.39. The van der Waals surface area contributed by atoms with Gasteiger partial charge in [-0.05, 0) is 50.3 Å². The molecular weight excluding hydrogens is 237 g/mol. The summed E-state index contributed by atoms with van der Waals surface area (Å²) in [7, 11) is 0. The van der Waals surface area contributed by atoms with E-state index in [2.05, 4.69) is 19.1 Å². The smallest absolute Gasteiger partial charge is 0.130 e. The van der Waals surface area contributed by atoms with Gasteiger partial charge in [0.05, 0.1) is 0 Å². The van der Waals surface area contributed by atoms with Gasteiger partial charge in [-0.1, -0.05) is 37.5 Å². The largest absolute Gasteiger partial charge is 0.330 e. The summed E-state index contributed by atoms with van der Waals surface area (Å²) in [6, 6.07) is 6.03. The average Bonchev–Trinajstić information content (AvgIpc) is 2.38. The number of aryl methyl sites for hydroxylation is 1. The molecule has 1 aliphatic rings. The van der Waals surface area contributed by atoms with Gasteiger partial charge < -0.3 is 5.73 Å². The van der Waals surface area contributed by atoms with Gasteiger partial charge in [0.25, 0.3) is 0 Å². The van der Waals surface area contributed by atoms with Gasteiger partial charge in [-0.3, -0.25) is 0 Å². The second-order valence-electron chi connectivity index (χ2n) is 6.55. The summed E-state index contributed by atoms with van der Waals surface area (Å²) in [6.45, 7) is 6.04. The molecule has 0 unspecified atom stereocenters. The normalized spacial score (nSPS) is 19.4. The first kappa shape index (κ1) is 14.5. The van der Waals surface area contributed by atoms with Crippen LogP contribution in [0.2, 0.25) is 0 Å². The van der Waals surface area contributed by atoms with Crippen molar-refractivity contribution >= 4 is 0 Å². The van der Waals surface area contributed by atoms with Crippen LogP contribution in [-0.4, -0.2) is 6.54 Å². The highest BCUT2D eigenvalue weighted by Crippen LogP contribution is 2.41. The maximum atomic E-state index is 14.2. The van der Waals surface area contributed by atoms with Crippen LogP contribution in [-0.2, 0) is 11.1 Å².